The summed E-state index contributed by atoms with van der Waals surface area (Å²) in [6.07, 6.45) is 3.47. The molecule has 0 radical (unpaired) electrons. The highest BCUT2D eigenvalue weighted by molar-refractivity contribution is 5.94. The molecule has 0 aliphatic carbocycles. The Balaban J connectivity index is 1.61. The van der Waals surface area contributed by atoms with E-state index in [9.17, 15) is 4.79 Å². The van der Waals surface area contributed by atoms with Gasteiger partial charge in [-0.05, 0) is 29.8 Å². The predicted octanol–water partition coefficient (Wildman–Crippen LogP) is 3.02. The standard InChI is InChI=1S/C18H17N3O2/c1-23-16-8-2-13(3-9-16)12-21-18(22)15-6-4-14(5-7-15)17-19-10-11-20-17/h2-11H,12H2,1H3,(H,19,20)(H,21,22). The molecule has 1 aromatic heterocycles. The Bertz CT molecular complexity index is 763. The van der Waals surface area contributed by atoms with E-state index in [1.54, 1.807) is 31.6 Å². The van der Waals surface area contributed by atoms with Crippen LogP contribution in [0.25, 0.3) is 11.4 Å². The average molecular weight is 307 g/mol. The number of amides is 1. The van der Waals surface area contributed by atoms with Crippen molar-refractivity contribution in [1.29, 1.82) is 0 Å². The zero-order valence-corrected chi connectivity index (χ0v) is 12.7. The van der Waals surface area contributed by atoms with Crippen molar-refractivity contribution in [3.05, 3.63) is 72.1 Å². The van der Waals surface area contributed by atoms with Crippen molar-refractivity contribution in [3.63, 3.8) is 0 Å². The second-order valence-corrected chi connectivity index (χ2v) is 5.05. The molecule has 5 nitrogen and oxygen atoms in total. The van der Waals surface area contributed by atoms with Crippen LogP contribution in [-0.4, -0.2) is 23.0 Å². The number of nitrogens with one attached hydrogen (secondary N) is 2. The smallest absolute Gasteiger partial charge is 0.251 e. The zero-order chi connectivity index (χ0) is 16.1. The number of carbonyl (C=O) groups is 1. The molecule has 2 aromatic carbocycles. The van der Waals surface area contributed by atoms with Gasteiger partial charge in [-0.2, -0.15) is 0 Å². The zero-order valence-electron chi connectivity index (χ0n) is 12.7. The number of methoxy groups -OCH3 is 1. The van der Waals surface area contributed by atoms with Crippen molar-refractivity contribution in [3.8, 4) is 17.1 Å². The summed E-state index contributed by atoms with van der Waals surface area (Å²) in [5.41, 5.74) is 2.59. The van der Waals surface area contributed by atoms with Crippen LogP contribution >= 0.6 is 0 Å². The number of imidazole rings is 1. The Labute approximate surface area is 134 Å². The second kappa shape index (κ2) is 6.79. The second-order valence-electron chi connectivity index (χ2n) is 5.05. The summed E-state index contributed by atoms with van der Waals surface area (Å²) in [6.45, 7) is 0.475. The number of nitrogens with zero attached hydrogens (tertiary/aromatic N) is 1. The number of rotatable bonds is 5. The molecule has 0 atom stereocenters. The third-order valence-electron chi connectivity index (χ3n) is 3.53. The lowest BCUT2D eigenvalue weighted by Crippen LogP contribution is -2.22. The Hall–Kier alpha value is -3.08. The number of benzene rings is 2. The average Bonchev–Trinajstić information content (AvgIpc) is 3.15. The monoisotopic (exact) mass is 307 g/mol. The largest absolute Gasteiger partial charge is 0.497 e. The van der Waals surface area contributed by atoms with Gasteiger partial charge in [-0.15, -0.1) is 0 Å². The van der Waals surface area contributed by atoms with Crippen LogP contribution in [0.3, 0.4) is 0 Å². The fraction of sp³-hybridized carbons (Fsp3) is 0.111. The van der Waals surface area contributed by atoms with Gasteiger partial charge < -0.3 is 15.0 Å². The topological polar surface area (TPSA) is 67.0 Å². The van der Waals surface area contributed by atoms with Crippen molar-refractivity contribution < 1.29 is 9.53 Å². The molecule has 0 saturated heterocycles. The molecule has 3 aromatic rings. The van der Waals surface area contributed by atoms with E-state index in [2.05, 4.69) is 15.3 Å². The first-order valence-electron chi connectivity index (χ1n) is 7.27. The molecule has 3 rings (SSSR count). The van der Waals surface area contributed by atoms with Crippen molar-refractivity contribution in [1.82, 2.24) is 15.3 Å². The lowest BCUT2D eigenvalue weighted by molar-refractivity contribution is 0.0951. The number of hydrogen-bond acceptors (Lipinski definition) is 3. The van der Waals surface area contributed by atoms with Crippen LogP contribution in [0, 0.1) is 0 Å². The van der Waals surface area contributed by atoms with Gasteiger partial charge in [0.2, 0.25) is 0 Å². The van der Waals surface area contributed by atoms with Crippen molar-refractivity contribution in [2.24, 2.45) is 0 Å². The molecule has 5 heteroatoms. The first-order valence-corrected chi connectivity index (χ1v) is 7.27. The first-order chi connectivity index (χ1) is 11.3. The molecule has 0 unspecified atom stereocenters. The van der Waals surface area contributed by atoms with Crippen LogP contribution in [0.4, 0.5) is 0 Å². The summed E-state index contributed by atoms with van der Waals surface area (Å²) in [6, 6.07) is 14.9. The molecular weight excluding hydrogens is 290 g/mol. The summed E-state index contributed by atoms with van der Waals surface area (Å²) in [5, 5.41) is 2.90. The number of aromatic nitrogens is 2. The fourth-order valence-electron chi connectivity index (χ4n) is 2.23. The van der Waals surface area contributed by atoms with Gasteiger partial charge in [0.25, 0.3) is 5.91 Å². The highest BCUT2D eigenvalue weighted by Crippen LogP contribution is 2.15. The summed E-state index contributed by atoms with van der Waals surface area (Å²) in [7, 11) is 1.63. The minimum absolute atomic E-state index is 0.105. The molecule has 0 bridgehead atoms. The van der Waals surface area contributed by atoms with E-state index in [1.165, 1.54) is 0 Å². The van der Waals surface area contributed by atoms with E-state index in [4.69, 9.17) is 4.74 Å². The molecule has 1 heterocycles. The van der Waals surface area contributed by atoms with Gasteiger partial charge in [0.1, 0.15) is 11.6 Å². The highest BCUT2D eigenvalue weighted by atomic mass is 16.5. The lowest BCUT2D eigenvalue weighted by atomic mass is 10.1. The lowest BCUT2D eigenvalue weighted by Gasteiger charge is -2.07. The van der Waals surface area contributed by atoms with Gasteiger partial charge in [0.05, 0.1) is 7.11 Å². The maximum absolute atomic E-state index is 12.2. The maximum atomic E-state index is 12.2. The number of H-pyrrole nitrogens is 1. The van der Waals surface area contributed by atoms with Gasteiger partial charge in [0.15, 0.2) is 0 Å². The molecule has 116 valence electrons. The van der Waals surface area contributed by atoms with E-state index in [-0.39, 0.29) is 5.91 Å². The van der Waals surface area contributed by atoms with E-state index in [0.29, 0.717) is 12.1 Å². The van der Waals surface area contributed by atoms with Gasteiger partial charge in [-0.1, -0.05) is 24.3 Å². The van der Waals surface area contributed by atoms with E-state index in [0.717, 1.165) is 22.7 Å². The maximum Gasteiger partial charge on any atom is 0.251 e. The summed E-state index contributed by atoms with van der Waals surface area (Å²) in [4.78, 5) is 19.4. The molecule has 0 saturated carbocycles. The molecule has 2 N–H and O–H groups in total. The Morgan fingerprint density at radius 1 is 1.13 bits per heavy atom. The van der Waals surface area contributed by atoms with Crippen LogP contribution in [-0.2, 0) is 6.54 Å². The number of ether oxygens (including phenoxy) is 1. The van der Waals surface area contributed by atoms with Gasteiger partial charge in [-0.3, -0.25) is 4.79 Å². The predicted molar refractivity (Wildman–Crippen MR) is 88.2 cm³/mol. The van der Waals surface area contributed by atoms with E-state index < -0.39 is 0 Å². The Morgan fingerprint density at radius 2 is 1.87 bits per heavy atom. The molecule has 23 heavy (non-hydrogen) atoms. The van der Waals surface area contributed by atoms with E-state index >= 15 is 0 Å². The highest BCUT2D eigenvalue weighted by Gasteiger charge is 2.06. The molecule has 1 amide bonds. The normalized spacial score (nSPS) is 10.3. The number of hydrogen-bond donors (Lipinski definition) is 2. The van der Waals surface area contributed by atoms with Crippen LogP contribution in [0.5, 0.6) is 5.75 Å². The van der Waals surface area contributed by atoms with Crippen molar-refractivity contribution in [2.75, 3.05) is 7.11 Å². The molecule has 0 fully saturated rings. The summed E-state index contributed by atoms with van der Waals surface area (Å²) < 4.78 is 5.11. The van der Waals surface area contributed by atoms with Crippen LogP contribution in [0.15, 0.2) is 60.9 Å². The molecule has 0 spiro atoms. The number of carbonyl (C=O) groups excluding carboxylic acids is 1. The SMILES string of the molecule is COc1ccc(CNC(=O)c2ccc(-c3ncc[nH]3)cc2)cc1. The fourth-order valence-corrected chi connectivity index (χ4v) is 2.23. The minimum Gasteiger partial charge on any atom is -0.497 e. The van der Waals surface area contributed by atoms with Crippen LogP contribution in [0.1, 0.15) is 15.9 Å². The van der Waals surface area contributed by atoms with E-state index in [1.807, 2.05) is 36.4 Å². The quantitative estimate of drug-likeness (QED) is 0.761. The molecule has 0 aliphatic rings. The minimum atomic E-state index is -0.105. The van der Waals surface area contributed by atoms with Gasteiger partial charge in [0, 0.05) is 30.1 Å². The van der Waals surface area contributed by atoms with Crippen molar-refractivity contribution >= 4 is 5.91 Å². The Kier molecular flexibility index (Phi) is 4.38. The first kappa shape index (κ1) is 14.8. The van der Waals surface area contributed by atoms with Gasteiger partial charge >= 0.3 is 0 Å². The molecule has 0 aliphatic heterocycles. The summed E-state index contributed by atoms with van der Waals surface area (Å²) in [5.74, 6) is 1.48. The molecular formula is C18H17N3O2. The van der Waals surface area contributed by atoms with Crippen LogP contribution in [0.2, 0.25) is 0 Å². The third-order valence-corrected chi connectivity index (χ3v) is 3.53. The number of aromatic amines is 1. The van der Waals surface area contributed by atoms with Gasteiger partial charge in [-0.25, -0.2) is 4.98 Å². The van der Waals surface area contributed by atoms with Crippen LogP contribution < -0.4 is 10.1 Å². The van der Waals surface area contributed by atoms with Crippen molar-refractivity contribution in [2.45, 2.75) is 6.54 Å². The summed E-state index contributed by atoms with van der Waals surface area (Å²) >= 11 is 0. The Morgan fingerprint density at radius 3 is 2.48 bits per heavy atom. The third kappa shape index (κ3) is 3.58.